The summed E-state index contributed by atoms with van der Waals surface area (Å²) in [5, 5.41) is 51.6. The van der Waals surface area contributed by atoms with Gasteiger partial charge in [-0.05, 0) is 48.0 Å². The van der Waals surface area contributed by atoms with Gasteiger partial charge in [0.2, 0.25) is 0 Å². The predicted molar refractivity (Wildman–Crippen MR) is 121 cm³/mol. The van der Waals surface area contributed by atoms with Gasteiger partial charge < -0.3 is 35.7 Å². The summed E-state index contributed by atoms with van der Waals surface area (Å²) in [5.74, 6) is -1.03. The number of fused-ring (bicyclic) bond motifs is 1. The van der Waals surface area contributed by atoms with Crippen LogP contribution < -0.4 is 5.32 Å². The predicted octanol–water partition coefficient (Wildman–Crippen LogP) is 0.945. The van der Waals surface area contributed by atoms with E-state index in [4.69, 9.17) is 28.3 Å². The fraction of sp³-hybridized carbons (Fsp3) is 0.409. The molecule has 0 saturated heterocycles. The maximum Gasteiger partial charge on any atom is 0.256 e. The SMILES string of the molecule is CN1Cc2c(Cl)cc(Cl)cc2[C@@H](c2cccc(NC(=O)[C@H](O)[C@@H](O)[C@H](O)[C@H](O)CO)c2)C1. The quantitative estimate of drug-likeness (QED) is 0.344. The van der Waals surface area contributed by atoms with Crippen molar-refractivity contribution in [2.75, 3.05) is 25.5 Å². The van der Waals surface area contributed by atoms with Gasteiger partial charge in [-0.15, -0.1) is 0 Å². The topological polar surface area (TPSA) is 133 Å². The third-order valence-corrected chi connectivity index (χ3v) is 6.13. The van der Waals surface area contributed by atoms with Crippen LogP contribution in [-0.4, -0.2) is 81.0 Å². The average Bonchev–Trinajstić information content (AvgIpc) is 2.77. The Morgan fingerprint density at radius 3 is 2.56 bits per heavy atom. The molecular formula is C22H26Cl2N2O6. The molecule has 0 fully saturated rings. The zero-order valence-corrected chi connectivity index (χ0v) is 18.8. The highest BCUT2D eigenvalue weighted by molar-refractivity contribution is 6.35. The highest BCUT2D eigenvalue weighted by atomic mass is 35.5. The molecule has 5 atom stereocenters. The van der Waals surface area contributed by atoms with Crippen molar-refractivity contribution in [1.29, 1.82) is 0 Å². The molecule has 6 N–H and O–H groups in total. The Hall–Kier alpha value is -1.75. The van der Waals surface area contributed by atoms with Crippen LogP contribution in [0.2, 0.25) is 10.0 Å². The molecule has 1 aliphatic heterocycles. The smallest absolute Gasteiger partial charge is 0.256 e. The molecule has 0 spiro atoms. The van der Waals surface area contributed by atoms with Crippen LogP contribution in [-0.2, 0) is 11.3 Å². The molecule has 8 nitrogen and oxygen atoms in total. The molecule has 0 saturated carbocycles. The summed E-state index contributed by atoms with van der Waals surface area (Å²) in [6, 6.07) is 10.6. The van der Waals surface area contributed by atoms with Gasteiger partial charge in [0.1, 0.15) is 18.3 Å². The number of hydrogen-bond acceptors (Lipinski definition) is 7. The third kappa shape index (κ3) is 5.41. The highest BCUT2D eigenvalue weighted by Gasteiger charge is 2.34. The molecule has 1 heterocycles. The largest absolute Gasteiger partial charge is 0.394 e. The van der Waals surface area contributed by atoms with E-state index in [0.717, 1.165) is 16.7 Å². The molecule has 0 radical (unpaired) electrons. The number of aliphatic hydroxyl groups is 5. The van der Waals surface area contributed by atoms with Crippen LogP contribution in [0, 0.1) is 0 Å². The standard InChI is InChI=1S/C22H26Cl2N2O6/c1-26-8-15(14-6-12(23)7-17(24)16(14)9-26)11-3-2-4-13(5-11)25-22(32)21(31)20(30)19(29)18(28)10-27/h2-7,15,18-21,27-31H,8-10H2,1H3,(H,25,32)/t15-,18-,19-,20+,21-/m1/s1. The number of benzene rings is 2. The maximum absolute atomic E-state index is 12.4. The Bertz CT molecular complexity index is 975. The molecule has 10 heteroatoms. The minimum atomic E-state index is -2.02. The van der Waals surface area contributed by atoms with Crippen molar-refractivity contribution < 1.29 is 30.3 Å². The van der Waals surface area contributed by atoms with E-state index in [1.165, 1.54) is 0 Å². The Labute approximate surface area is 195 Å². The van der Waals surface area contributed by atoms with Crippen molar-refractivity contribution in [1.82, 2.24) is 4.90 Å². The summed E-state index contributed by atoms with van der Waals surface area (Å²) in [6.45, 7) is 0.554. The first kappa shape index (κ1) is 24.9. The molecule has 0 aromatic heterocycles. The lowest BCUT2D eigenvalue weighted by molar-refractivity contribution is -0.144. The van der Waals surface area contributed by atoms with E-state index in [1.807, 2.05) is 19.2 Å². The maximum atomic E-state index is 12.4. The number of nitrogens with one attached hydrogen (secondary N) is 1. The lowest BCUT2D eigenvalue weighted by atomic mass is 9.84. The van der Waals surface area contributed by atoms with Crippen molar-refractivity contribution in [3.8, 4) is 0 Å². The molecule has 0 aliphatic carbocycles. The van der Waals surface area contributed by atoms with Gasteiger partial charge in [0, 0.05) is 34.7 Å². The number of halogens is 2. The Balaban J connectivity index is 1.82. The Morgan fingerprint density at radius 1 is 1.16 bits per heavy atom. The number of rotatable bonds is 7. The summed E-state index contributed by atoms with van der Waals surface area (Å²) in [5.41, 5.74) is 3.25. The van der Waals surface area contributed by atoms with Gasteiger partial charge in [0.05, 0.1) is 6.61 Å². The molecule has 32 heavy (non-hydrogen) atoms. The first-order valence-electron chi connectivity index (χ1n) is 10.0. The van der Waals surface area contributed by atoms with Crippen molar-refractivity contribution in [3.63, 3.8) is 0 Å². The lowest BCUT2D eigenvalue weighted by Crippen LogP contribution is -2.50. The number of carbonyl (C=O) groups is 1. The van der Waals surface area contributed by atoms with Crippen molar-refractivity contribution in [2.45, 2.75) is 36.9 Å². The molecule has 1 aliphatic rings. The summed E-state index contributed by atoms with van der Waals surface area (Å²) in [6.07, 6.45) is -7.59. The van der Waals surface area contributed by atoms with E-state index in [-0.39, 0.29) is 5.92 Å². The number of aliphatic hydroxyl groups excluding tert-OH is 5. The van der Waals surface area contributed by atoms with E-state index in [9.17, 15) is 25.2 Å². The normalized spacial score (nSPS) is 20.2. The van der Waals surface area contributed by atoms with E-state index in [0.29, 0.717) is 28.8 Å². The van der Waals surface area contributed by atoms with Crippen LogP contribution >= 0.6 is 23.2 Å². The van der Waals surface area contributed by atoms with Crippen LogP contribution in [0.3, 0.4) is 0 Å². The highest BCUT2D eigenvalue weighted by Crippen LogP contribution is 2.38. The van der Waals surface area contributed by atoms with Crippen molar-refractivity contribution in [2.24, 2.45) is 0 Å². The third-order valence-electron chi connectivity index (χ3n) is 5.57. The van der Waals surface area contributed by atoms with E-state index < -0.39 is 36.9 Å². The molecular weight excluding hydrogens is 459 g/mol. The molecule has 1 amide bonds. The van der Waals surface area contributed by atoms with E-state index >= 15 is 0 Å². The minimum Gasteiger partial charge on any atom is -0.394 e. The number of nitrogens with zero attached hydrogens (tertiary/aromatic N) is 1. The van der Waals surface area contributed by atoms with Gasteiger partial charge in [-0.3, -0.25) is 4.79 Å². The molecule has 174 valence electrons. The molecule has 3 rings (SSSR count). The fourth-order valence-electron chi connectivity index (χ4n) is 3.86. The molecule has 0 bridgehead atoms. The van der Waals surface area contributed by atoms with Gasteiger partial charge in [0.25, 0.3) is 5.91 Å². The number of carbonyl (C=O) groups excluding carboxylic acids is 1. The zero-order chi connectivity index (χ0) is 23.6. The number of hydrogen-bond donors (Lipinski definition) is 6. The summed E-state index contributed by atoms with van der Waals surface area (Å²) >= 11 is 12.6. The van der Waals surface area contributed by atoms with Gasteiger partial charge in [-0.25, -0.2) is 0 Å². The van der Waals surface area contributed by atoms with Crippen LogP contribution in [0.15, 0.2) is 36.4 Å². The van der Waals surface area contributed by atoms with Gasteiger partial charge in [-0.1, -0.05) is 35.3 Å². The zero-order valence-electron chi connectivity index (χ0n) is 17.3. The Kier molecular flexibility index (Phi) is 8.13. The number of likely N-dealkylation sites (N-methyl/N-ethyl adjacent to an activating group) is 1. The van der Waals surface area contributed by atoms with E-state index in [2.05, 4.69) is 10.2 Å². The number of amides is 1. The van der Waals surface area contributed by atoms with Gasteiger partial charge in [-0.2, -0.15) is 0 Å². The van der Waals surface area contributed by atoms with Crippen LogP contribution in [0.5, 0.6) is 0 Å². The molecule has 2 aromatic rings. The summed E-state index contributed by atoms with van der Waals surface area (Å²) < 4.78 is 0. The van der Waals surface area contributed by atoms with Gasteiger partial charge >= 0.3 is 0 Å². The minimum absolute atomic E-state index is 0.0613. The lowest BCUT2D eigenvalue weighted by Gasteiger charge is -2.33. The first-order chi connectivity index (χ1) is 15.1. The summed E-state index contributed by atoms with van der Waals surface area (Å²) in [7, 11) is 1.98. The van der Waals surface area contributed by atoms with Gasteiger partial charge in [0.15, 0.2) is 6.10 Å². The van der Waals surface area contributed by atoms with Crippen molar-refractivity contribution in [3.05, 3.63) is 63.1 Å². The number of anilines is 1. The van der Waals surface area contributed by atoms with Crippen LogP contribution in [0.25, 0.3) is 0 Å². The van der Waals surface area contributed by atoms with Crippen molar-refractivity contribution >= 4 is 34.8 Å². The monoisotopic (exact) mass is 484 g/mol. The average molecular weight is 485 g/mol. The second-order valence-electron chi connectivity index (χ2n) is 8.00. The molecule has 0 unspecified atom stereocenters. The Morgan fingerprint density at radius 2 is 1.88 bits per heavy atom. The van der Waals surface area contributed by atoms with Crippen LogP contribution in [0.1, 0.15) is 22.6 Å². The molecule has 2 aromatic carbocycles. The second kappa shape index (κ2) is 10.5. The second-order valence-corrected chi connectivity index (χ2v) is 8.84. The summed E-state index contributed by atoms with van der Waals surface area (Å²) in [4.78, 5) is 14.5. The van der Waals surface area contributed by atoms with Crippen LogP contribution in [0.4, 0.5) is 5.69 Å². The fourth-order valence-corrected chi connectivity index (χ4v) is 4.43. The first-order valence-corrected chi connectivity index (χ1v) is 10.8. The van der Waals surface area contributed by atoms with E-state index in [1.54, 1.807) is 24.3 Å².